The van der Waals surface area contributed by atoms with Gasteiger partial charge in [-0.1, -0.05) is 0 Å². The van der Waals surface area contributed by atoms with Gasteiger partial charge in [0.25, 0.3) is 5.91 Å². The van der Waals surface area contributed by atoms with Gasteiger partial charge >= 0.3 is 0 Å². The van der Waals surface area contributed by atoms with Crippen LogP contribution in [0.15, 0.2) is 48.5 Å². The van der Waals surface area contributed by atoms with Crippen LogP contribution in [0.1, 0.15) is 16.8 Å². The van der Waals surface area contributed by atoms with Crippen LogP contribution in [-0.2, 0) is 14.8 Å². The molecule has 1 N–H and O–H groups in total. The first-order chi connectivity index (χ1) is 13.4. The average Bonchev–Trinajstić information content (AvgIpc) is 2.98. The summed E-state index contributed by atoms with van der Waals surface area (Å²) in [6.07, 6.45) is -0.0290. The summed E-state index contributed by atoms with van der Waals surface area (Å²) < 4.78 is 35.2. The van der Waals surface area contributed by atoms with Crippen LogP contribution in [0.4, 0.5) is 5.69 Å². The fourth-order valence-electron chi connectivity index (χ4n) is 2.72. The molecule has 0 bridgehead atoms. The van der Waals surface area contributed by atoms with Gasteiger partial charge in [-0.3, -0.25) is 9.59 Å². The van der Waals surface area contributed by atoms with Crippen molar-refractivity contribution >= 4 is 27.5 Å². The Morgan fingerprint density at radius 2 is 1.71 bits per heavy atom. The highest BCUT2D eigenvalue weighted by Gasteiger charge is 2.36. The molecule has 2 aromatic carbocycles. The molecule has 9 heteroatoms. The molecular formula is C19H20N2O6S. The van der Waals surface area contributed by atoms with E-state index in [4.69, 9.17) is 9.47 Å². The lowest BCUT2D eigenvalue weighted by Crippen LogP contribution is -2.30. The van der Waals surface area contributed by atoms with Crippen molar-refractivity contribution in [3.05, 3.63) is 54.1 Å². The zero-order valence-electron chi connectivity index (χ0n) is 15.3. The molecule has 0 aliphatic carbocycles. The van der Waals surface area contributed by atoms with Gasteiger partial charge in [-0.2, -0.15) is 0 Å². The second-order valence-electron chi connectivity index (χ2n) is 6.05. The van der Waals surface area contributed by atoms with Crippen LogP contribution >= 0.6 is 0 Å². The summed E-state index contributed by atoms with van der Waals surface area (Å²) in [5.41, 5.74) is 0.596. The second-order valence-corrected chi connectivity index (χ2v) is 7.99. The summed E-state index contributed by atoms with van der Waals surface area (Å²) in [4.78, 5) is 24.0. The Hall–Kier alpha value is -3.07. The predicted octanol–water partition coefficient (Wildman–Crippen LogP) is 1.57. The number of carbonyl (C=O) groups is 2. The molecule has 0 aromatic heterocycles. The van der Waals surface area contributed by atoms with Crippen molar-refractivity contribution in [3.63, 3.8) is 0 Å². The minimum atomic E-state index is -3.61. The van der Waals surface area contributed by atoms with E-state index in [0.717, 1.165) is 10.1 Å². The van der Waals surface area contributed by atoms with Crippen molar-refractivity contribution in [2.75, 3.05) is 30.3 Å². The molecule has 1 heterocycles. The summed E-state index contributed by atoms with van der Waals surface area (Å²) >= 11 is 0. The largest absolute Gasteiger partial charge is 0.497 e. The Balaban J connectivity index is 1.51. The van der Waals surface area contributed by atoms with Crippen molar-refractivity contribution < 1.29 is 27.5 Å². The van der Waals surface area contributed by atoms with Gasteiger partial charge < -0.3 is 14.8 Å². The Morgan fingerprint density at radius 1 is 1.07 bits per heavy atom. The third-order valence-corrected chi connectivity index (χ3v) is 5.85. The molecule has 0 saturated carbocycles. The molecule has 3 rings (SSSR count). The van der Waals surface area contributed by atoms with Crippen molar-refractivity contribution in [1.82, 2.24) is 5.32 Å². The van der Waals surface area contributed by atoms with Gasteiger partial charge in [-0.15, -0.1) is 0 Å². The molecule has 8 nitrogen and oxygen atoms in total. The minimum absolute atomic E-state index is 0.0290. The van der Waals surface area contributed by atoms with Crippen LogP contribution in [0, 0.1) is 0 Å². The van der Waals surface area contributed by atoms with E-state index < -0.39 is 15.9 Å². The average molecular weight is 404 g/mol. The SMILES string of the molecule is COc1ccc(OCCNC(=O)c2ccc(N3C(=O)CCS3(=O)=O)cc2)cc1. The summed E-state index contributed by atoms with van der Waals surface area (Å²) in [5, 5.41) is 2.72. The van der Waals surface area contributed by atoms with Crippen LogP contribution < -0.4 is 19.1 Å². The second kappa shape index (κ2) is 8.30. The minimum Gasteiger partial charge on any atom is -0.497 e. The quantitative estimate of drug-likeness (QED) is 0.703. The van der Waals surface area contributed by atoms with Crippen molar-refractivity contribution in [3.8, 4) is 11.5 Å². The Kier molecular flexibility index (Phi) is 5.84. The van der Waals surface area contributed by atoms with E-state index >= 15 is 0 Å². The molecule has 1 saturated heterocycles. The molecule has 0 unspecified atom stereocenters. The summed E-state index contributed by atoms with van der Waals surface area (Å²) in [6, 6.07) is 13.0. The monoisotopic (exact) mass is 404 g/mol. The number of benzene rings is 2. The highest BCUT2D eigenvalue weighted by molar-refractivity contribution is 7.94. The fourth-order valence-corrected chi connectivity index (χ4v) is 4.18. The number of sulfonamides is 1. The number of rotatable bonds is 7. The van der Waals surface area contributed by atoms with E-state index in [1.54, 1.807) is 31.4 Å². The van der Waals surface area contributed by atoms with Crippen LogP contribution in [0.3, 0.4) is 0 Å². The Labute approximate surface area is 163 Å². The molecule has 28 heavy (non-hydrogen) atoms. The van der Waals surface area contributed by atoms with Gasteiger partial charge in [0, 0.05) is 12.0 Å². The molecule has 148 valence electrons. The van der Waals surface area contributed by atoms with Crippen molar-refractivity contribution in [2.24, 2.45) is 0 Å². The van der Waals surface area contributed by atoms with Crippen LogP contribution in [0.2, 0.25) is 0 Å². The van der Waals surface area contributed by atoms with Gasteiger partial charge in [0.2, 0.25) is 15.9 Å². The number of hydrogen-bond donors (Lipinski definition) is 1. The van der Waals surface area contributed by atoms with Gasteiger partial charge in [-0.05, 0) is 48.5 Å². The topological polar surface area (TPSA) is 102 Å². The predicted molar refractivity (Wildman–Crippen MR) is 103 cm³/mol. The number of carbonyl (C=O) groups excluding carboxylic acids is 2. The first-order valence-corrected chi connectivity index (χ1v) is 10.2. The van der Waals surface area contributed by atoms with Crippen molar-refractivity contribution in [2.45, 2.75) is 6.42 Å². The lowest BCUT2D eigenvalue weighted by Gasteiger charge is -2.15. The normalized spacial score (nSPS) is 15.3. The van der Waals surface area contributed by atoms with Crippen LogP contribution in [0.25, 0.3) is 0 Å². The first kappa shape index (κ1) is 19.7. The van der Waals surface area contributed by atoms with E-state index in [1.165, 1.54) is 24.3 Å². The van der Waals surface area contributed by atoms with Gasteiger partial charge in [-0.25, -0.2) is 12.7 Å². The maximum atomic E-state index is 12.2. The molecule has 0 spiro atoms. The Bertz CT molecular complexity index is 955. The number of hydrogen-bond acceptors (Lipinski definition) is 6. The van der Waals surface area contributed by atoms with Gasteiger partial charge in [0.15, 0.2) is 0 Å². The zero-order valence-corrected chi connectivity index (χ0v) is 16.1. The molecule has 2 amide bonds. The highest BCUT2D eigenvalue weighted by Crippen LogP contribution is 2.25. The summed E-state index contributed by atoms with van der Waals surface area (Å²) in [7, 11) is -2.03. The number of methoxy groups -OCH3 is 1. The number of nitrogens with one attached hydrogen (secondary N) is 1. The lowest BCUT2D eigenvalue weighted by atomic mass is 10.2. The standard InChI is InChI=1S/C19H20N2O6S/c1-26-16-6-8-17(9-7-16)27-12-11-20-19(23)14-2-4-15(5-3-14)21-18(22)10-13-28(21,24)25/h2-9H,10-13H2,1H3,(H,20,23). The smallest absolute Gasteiger partial charge is 0.251 e. The van der Waals surface area contributed by atoms with E-state index in [-0.39, 0.29) is 30.4 Å². The third-order valence-electron chi connectivity index (χ3n) is 4.16. The zero-order chi connectivity index (χ0) is 20.1. The number of amides is 2. The Morgan fingerprint density at radius 3 is 2.29 bits per heavy atom. The van der Waals surface area contributed by atoms with Crippen molar-refractivity contribution in [1.29, 1.82) is 0 Å². The summed E-state index contributed by atoms with van der Waals surface area (Å²) in [5.74, 6) is 0.416. The van der Waals surface area contributed by atoms with Gasteiger partial charge in [0.1, 0.15) is 18.1 Å². The molecular weight excluding hydrogens is 384 g/mol. The maximum Gasteiger partial charge on any atom is 0.251 e. The molecule has 1 aliphatic heterocycles. The van der Waals surface area contributed by atoms with E-state index in [0.29, 0.717) is 17.9 Å². The van der Waals surface area contributed by atoms with Crippen LogP contribution in [-0.4, -0.2) is 46.2 Å². The number of anilines is 1. The third kappa shape index (κ3) is 4.42. The summed E-state index contributed by atoms with van der Waals surface area (Å²) in [6.45, 7) is 0.586. The van der Waals surface area contributed by atoms with Crippen LogP contribution in [0.5, 0.6) is 11.5 Å². The number of nitrogens with zero attached hydrogens (tertiary/aromatic N) is 1. The lowest BCUT2D eigenvalue weighted by molar-refractivity contribution is -0.116. The van der Waals surface area contributed by atoms with Gasteiger partial charge in [0.05, 0.1) is 25.1 Å². The highest BCUT2D eigenvalue weighted by atomic mass is 32.2. The maximum absolute atomic E-state index is 12.2. The van der Waals surface area contributed by atoms with E-state index in [2.05, 4.69) is 5.32 Å². The van der Waals surface area contributed by atoms with E-state index in [9.17, 15) is 18.0 Å². The fraction of sp³-hybridized carbons (Fsp3) is 0.263. The molecule has 2 aromatic rings. The number of ether oxygens (including phenoxy) is 2. The molecule has 1 aliphatic rings. The molecule has 0 atom stereocenters. The molecule has 1 fully saturated rings. The van der Waals surface area contributed by atoms with E-state index in [1.807, 2.05) is 0 Å². The first-order valence-electron chi connectivity index (χ1n) is 8.62. The molecule has 0 radical (unpaired) electrons.